The number of para-hydroxylation sites is 1. The van der Waals surface area contributed by atoms with Gasteiger partial charge in [-0.15, -0.1) is 0 Å². The number of hydrogen-bond acceptors (Lipinski definition) is 6. The van der Waals surface area contributed by atoms with Crippen molar-refractivity contribution in [3.05, 3.63) is 90.8 Å². The smallest absolute Gasteiger partial charge is 0.282 e. The lowest BCUT2D eigenvalue weighted by molar-refractivity contribution is -0.118. The molecule has 1 heterocycles. The summed E-state index contributed by atoms with van der Waals surface area (Å²) in [4.78, 5) is 30.8. The number of anilines is 1. The number of nitrogens with one attached hydrogen (secondary N) is 1. The standard InChI is InChI=1S/C30H30Br2N4O4/c1-6-39-25-14-19(13-22(32)27(25)40-17-26(37)34-23-10-8-7-9-18(23)2)16-33-36-28(38)21-15-20(31)11-12-24(21)35-29(36)30(3,4)5/h7-16H,6,17H2,1-5H3,(H,34,37). The van der Waals surface area contributed by atoms with E-state index >= 15 is 0 Å². The molecule has 10 heteroatoms. The van der Waals surface area contributed by atoms with Gasteiger partial charge in [-0.25, -0.2) is 4.98 Å². The molecular weight excluding hydrogens is 640 g/mol. The van der Waals surface area contributed by atoms with Crippen LogP contribution in [0, 0.1) is 6.92 Å². The molecule has 208 valence electrons. The summed E-state index contributed by atoms with van der Waals surface area (Å²) in [6, 6.07) is 16.5. The summed E-state index contributed by atoms with van der Waals surface area (Å²) in [6.45, 7) is 9.91. The minimum Gasteiger partial charge on any atom is -0.490 e. The van der Waals surface area contributed by atoms with Crippen molar-refractivity contribution in [1.82, 2.24) is 9.66 Å². The van der Waals surface area contributed by atoms with Crippen molar-refractivity contribution in [1.29, 1.82) is 0 Å². The minimum atomic E-state index is -0.439. The number of carbonyl (C=O) groups excluding carboxylic acids is 1. The van der Waals surface area contributed by atoms with Crippen molar-refractivity contribution in [3.63, 3.8) is 0 Å². The maximum Gasteiger partial charge on any atom is 0.282 e. The summed E-state index contributed by atoms with van der Waals surface area (Å²) >= 11 is 6.97. The maximum absolute atomic E-state index is 13.5. The predicted molar refractivity (Wildman–Crippen MR) is 166 cm³/mol. The van der Waals surface area contributed by atoms with Crippen LogP contribution in [0.25, 0.3) is 10.9 Å². The van der Waals surface area contributed by atoms with E-state index in [1.54, 1.807) is 24.4 Å². The van der Waals surface area contributed by atoms with Crippen LogP contribution in [0.5, 0.6) is 11.5 Å². The first kappa shape index (κ1) is 29.5. The Hall–Kier alpha value is -3.50. The lowest BCUT2D eigenvalue weighted by Gasteiger charge is -2.21. The van der Waals surface area contributed by atoms with E-state index in [-0.39, 0.29) is 18.1 Å². The van der Waals surface area contributed by atoms with Gasteiger partial charge in [0.05, 0.1) is 28.2 Å². The Labute approximate surface area is 249 Å². The summed E-state index contributed by atoms with van der Waals surface area (Å²) in [6.07, 6.45) is 1.57. The summed E-state index contributed by atoms with van der Waals surface area (Å²) < 4.78 is 14.4. The average molecular weight is 670 g/mol. The molecule has 4 aromatic rings. The average Bonchev–Trinajstić information content (AvgIpc) is 2.89. The van der Waals surface area contributed by atoms with Crippen LogP contribution in [0.2, 0.25) is 0 Å². The molecule has 0 aliphatic carbocycles. The first-order valence-corrected chi connectivity index (χ1v) is 14.3. The molecule has 1 aromatic heterocycles. The Balaban J connectivity index is 1.64. The van der Waals surface area contributed by atoms with Crippen molar-refractivity contribution in [2.24, 2.45) is 5.10 Å². The van der Waals surface area contributed by atoms with Gasteiger partial charge >= 0.3 is 0 Å². The molecule has 3 aromatic carbocycles. The van der Waals surface area contributed by atoms with Crippen LogP contribution in [0.4, 0.5) is 5.69 Å². The number of rotatable bonds is 8. The van der Waals surface area contributed by atoms with Gasteiger partial charge < -0.3 is 14.8 Å². The largest absolute Gasteiger partial charge is 0.490 e. The van der Waals surface area contributed by atoms with Gasteiger partial charge in [-0.3, -0.25) is 9.59 Å². The fourth-order valence-electron chi connectivity index (χ4n) is 3.97. The quantitative estimate of drug-likeness (QED) is 0.208. The number of benzene rings is 3. The van der Waals surface area contributed by atoms with Gasteiger partial charge in [0, 0.05) is 15.6 Å². The van der Waals surface area contributed by atoms with E-state index in [1.807, 2.05) is 71.0 Å². The second kappa shape index (κ2) is 12.3. The van der Waals surface area contributed by atoms with Gasteiger partial charge in [0.25, 0.3) is 11.5 Å². The molecule has 0 unspecified atom stereocenters. The number of amides is 1. The van der Waals surface area contributed by atoms with E-state index in [9.17, 15) is 9.59 Å². The molecular formula is C30H30Br2N4O4. The molecule has 0 radical (unpaired) electrons. The van der Waals surface area contributed by atoms with E-state index in [0.717, 1.165) is 15.7 Å². The van der Waals surface area contributed by atoms with E-state index in [0.29, 0.717) is 44.9 Å². The molecule has 0 aliphatic rings. The monoisotopic (exact) mass is 668 g/mol. The van der Waals surface area contributed by atoms with E-state index in [4.69, 9.17) is 14.5 Å². The third kappa shape index (κ3) is 6.79. The van der Waals surface area contributed by atoms with Crippen molar-refractivity contribution >= 4 is 60.6 Å². The molecule has 1 amide bonds. The molecule has 40 heavy (non-hydrogen) atoms. The number of aryl methyl sites for hydroxylation is 1. The van der Waals surface area contributed by atoms with Crippen LogP contribution in [0.3, 0.4) is 0 Å². The number of nitrogens with zero attached hydrogens (tertiary/aromatic N) is 3. The lowest BCUT2D eigenvalue weighted by Crippen LogP contribution is -2.29. The number of carbonyl (C=O) groups is 1. The maximum atomic E-state index is 13.5. The number of hydrogen-bond donors (Lipinski definition) is 1. The van der Waals surface area contributed by atoms with Gasteiger partial charge in [0.1, 0.15) is 5.82 Å². The van der Waals surface area contributed by atoms with Gasteiger partial charge in [0.15, 0.2) is 18.1 Å². The molecule has 8 nitrogen and oxygen atoms in total. The molecule has 0 saturated carbocycles. The number of fused-ring (bicyclic) bond motifs is 1. The lowest BCUT2D eigenvalue weighted by atomic mass is 9.95. The summed E-state index contributed by atoms with van der Waals surface area (Å²) in [5.74, 6) is 1.07. The van der Waals surface area contributed by atoms with Crippen molar-refractivity contribution < 1.29 is 14.3 Å². The van der Waals surface area contributed by atoms with E-state index in [2.05, 4.69) is 42.3 Å². The topological polar surface area (TPSA) is 94.8 Å². The van der Waals surface area contributed by atoms with E-state index in [1.165, 1.54) is 4.68 Å². The Morgan fingerprint density at radius 2 is 1.85 bits per heavy atom. The second-order valence-corrected chi connectivity index (χ2v) is 11.9. The first-order valence-electron chi connectivity index (χ1n) is 12.7. The number of aromatic nitrogens is 2. The summed E-state index contributed by atoms with van der Waals surface area (Å²) in [7, 11) is 0. The Morgan fingerprint density at radius 3 is 2.55 bits per heavy atom. The molecule has 0 bridgehead atoms. The fraction of sp³-hybridized carbons (Fsp3) is 0.267. The predicted octanol–water partition coefficient (Wildman–Crippen LogP) is 6.83. The van der Waals surface area contributed by atoms with Crippen LogP contribution in [-0.2, 0) is 10.2 Å². The molecule has 1 N–H and O–H groups in total. The highest BCUT2D eigenvalue weighted by atomic mass is 79.9. The first-order chi connectivity index (χ1) is 19.0. The van der Waals surface area contributed by atoms with Gasteiger partial charge in [-0.2, -0.15) is 9.78 Å². The van der Waals surface area contributed by atoms with Crippen molar-refractivity contribution in [3.8, 4) is 11.5 Å². The van der Waals surface area contributed by atoms with Gasteiger partial charge in [0.2, 0.25) is 0 Å². The number of ether oxygens (including phenoxy) is 2. The zero-order chi connectivity index (χ0) is 29.0. The third-order valence-electron chi connectivity index (χ3n) is 5.90. The minimum absolute atomic E-state index is 0.205. The molecule has 0 fully saturated rings. The highest BCUT2D eigenvalue weighted by Crippen LogP contribution is 2.36. The molecule has 4 rings (SSSR count). The highest BCUT2D eigenvalue weighted by molar-refractivity contribution is 9.10. The second-order valence-electron chi connectivity index (χ2n) is 10.1. The molecule has 0 spiro atoms. The highest BCUT2D eigenvalue weighted by Gasteiger charge is 2.23. The molecule has 0 atom stereocenters. The zero-order valence-corrected chi connectivity index (χ0v) is 26.1. The van der Waals surface area contributed by atoms with Crippen LogP contribution in [0.1, 0.15) is 44.6 Å². The van der Waals surface area contributed by atoms with Gasteiger partial charge in [-0.05, 0) is 77.3 Å². The Kier molecular flexibility index (Phi) is 9.10. The van der Waals surface area contributed by atoms with Gasteiger partial charge in [-0.1, -0.05) is 54.9 Å². The fourth-order valence-corrected chi connectivity index (χ4v) is 4.90. The Morgan fingerprint density at radius 1 is 1.10 bits per heavy atom. The van der Waals surface area contributed by atoms with E-state index < -0.39 is 5.41 Å². The zero-order valence-electron chi connectivity index (χ0n) is 22.9. The number of halogens is 2. The van der Waals surface area contributed by atoms with Crippen molar-refractivity contribution in [2.45, 2.75) is 40.0 Å². The normalized spacial score (nSPS) is 11.7. The van der Waals surface area contributed by atoms with Crippen LogP contribution >= 0.6 is 31.9 Å². The van der Waals surface area contributed by atoms with Crippen molar-refractivity contribution in [2.75, 3.05) is 18.5 Å². The third-order valence-corrected chi connectivity index (χ3v) is 6.98. The Bertz CT molecular complexity index is 1660. The molecule has 0 aliphatic heterocycles. The van der Waals surface area contributed by atoms with Crippen LogP contribution < -0.4 is 20.3 Å². The summed E-state index contributed by atoms with van der Waals surface area (Å²) in [5.41, 5.74) is 2.25. The molecule has 0 saturated heterocycles. The SMILES string of the molecule is CCOc1cc(C=Nn2c(C(C)(C)C)nc3ccc(Br)cc3c2=O)cc(Br)c1OCC(=O)Nc1ccccc1C. The summed E-state index contributed by atoms with van der Waals surface area (Å²) in [5, 5.41) is 7.86. The van der Waals surface area contributed by atoms with Crippen LogP contribution in [0.15, 0.2) is 73.4 Å². The van der Waals surface area contributed by atoms with Crippen LogP contribution in [-0.4, -0.2) is 35.0 Å².